The van der Waals surface area contributed by atoms with Gasteiger partial charge in [-0.15, -0.1) is 0 Å². The highest BCUT2D eigenvalue weighted by molar-refractivity contribution is 6.02. The van der Waals surface area contributed by atoms with Crippen LogP contribution < -0.4 is 14.8 Å². The van der Waals surface area contributed by atoms with E-state index in [-0.39, 0.29) is 6.61 Å². The van der Waals surface area contributed by atoms with Crippen molar-refractivity contribution in [2.75, 3.05) is 13.7 Å². The molecule has 0 saturated heterocycles. The number of allylic oxidation sites excluding steroid dienone is 2. The summed E-state index contributed by atoms with van der Waals surface area (Å²) in [5.41, 5.74) is 2.90. The number of dihydropyridines is 1. The van der Waals surface area contributed by atoms with Crippen molar-refractivity contribution in [1.29, 1.82) is 0 Å². The summed E-state index contributed by atoms with van der Waals surface area (Å²) in [6, 6.07) is 5.36. The molecular formula is C18H19NO5. The number of ether oxygens (including phenoxy) is 3. The summed E-state index contributed by atoms with van der Waals surface area (Å²) < 4.78 is 16.0. The Hall–Kier alpha value is -2.76. The third-order valence-electron chi connectivity index (χ3n) is 4.21. The number of carbonyl (C=O) groups excluding carboxylic acids is 2. The first-order valence-corrected chi connectivity index (χ1v) is 7.74. The van der Waals surface area contributed by atoms with Crippen molar-refractivity contribution in [2.45, 2.75) is 26.7 Å². The molecule has 2 aliphatic heterocycles. The van der Waals surface area contributed by atoms with Gasteiger partial charge in [0.05, 0.1) is 30.8 Å². The van der Waals surface area contributed by atoms with Crippen molar-refractivity contribution in [1.82, 2.24) is 5.32 Å². The summed E-state index contributed by atoms with van der Waals surface area (Å²) >= 11 is 0. The van der Waals surface area contributed by atoms with Crippen LogP contribution in [0.5, 0.6) is 11.5 Å². The standard InChI is InChI=1S/C18H19NO5/c1-5-23-17(20)13-9(2)19-10(3)14-15(13)11-7-6-8-12(22-4)16(11)24-18(14)21/h6-8,15,19H,5H2,1-4H3. The Morgan fingerprint density at radius 3 is 2.71 bits per heavy atom. The molecular weight excluding hydrogens is 310 g/mol. The van der Waals surface area contributed by atoms with E-state index in [1.54, 1.807) is 26.8 Å². The molecule has 0 amide bonds. The van der Waals surface area contributed by atoms with Crippen molar-refractivity contribution in [3.05, 3.63) is 46.3 Å². The number of benzene rings is 1. The van der Waals surface area contributed by atoms with E-state index in [0.29, 0.717) is 39.6 Å². The number of hydrogen-bond acceptors (Lipinski definition) is 6. The van der Waals surface area contributed by atoms with E-state index in [4.69, 9.17) is 14.2 Å². The molecule has 0 radical (unpaired) electrons. The predicted molar refractivity (Wildman–Crippen MR) is 86.5 cm³/mol. The van der Waals surface area contributed by atoms with Crippen LogP contribution in [-0.2, 0) is 14.3 Å². The van der Waals surface area contributed by atoms with Gasteiger partial charge in [0.15, 0.2) is 11.5 Å². The quantitative estimate of drug-likeness (QED) is 0.678. The highest BCUT2D eigenvalue weighted by Crippen LogP contribution is 2.48. The summed E-state index contributed by atoms with van der Waals surface area (Å²) in [5, 5.41) is 3.08. The fourth-order valence-electron chi connectivity index (χ4n) is 3.23. The van der Waals surface area contributed by atoms with Gasteiger partial charge in [-0.1, -0.05) is 12.1 Å². The molecule has 1 atom stereocenters. The molecule has 24 heavy (non-hydrogen) atoms. The first-order valence-electron chi connectivity index (χ1n) is 7.74. The minimum Gasteiger partial charge on any atom is -0.493 e. The third kappa shape index (κ3) is 2.35. The molecule has 2 heterocycles. The molecule has 126 valence electrons. The monoisotopic (exact) mass is 329 g/mol. The first-order chi connectivity index (χ1) is 11.5. The molecule has 0 fully saturated rings. The Balaban J connectivity index is 2.24. The van der Waals surface area contributed by atoms with Gasteiger partial charge in [-0.2, -0.15) is 0 Å². The second kappa shape index (κ2) is 6.03. The Bertz CT molecular complexity index is 791. The number of para-hydroxylation sites is 1. The van der Waals surface area contributed by atoms with Gasteiger partial charge in [0.25, 0.3) is 0 Å². The lowest BCUT2D eigenvalue weighted by Gasteiger charge is -2.34. The van der Waals surface area contributed by atoms with E-state index in [2.05, 4.69) is 5.32 Å². The third-order valence-corrected chi connectivity index (χ3v) is 4.21. The van der Waals surface area contributed by atoms with Crippen LogP contribution in [0, 0.1) is 0 Å². The number of carbonyl (C=O) groups is 2. The van der Waals surface area contributed by atoms with Gasteiger partial charge < -0.3 is 19.5 Å². The minimum absolute atomic E-state index is 0.260. The van der Waals surface area contributed by atoms with E-state index in [0.717, 1.165) is 0 Å². The van der Waals surface area contributed by atoms with Crippen LogP contribution in [0.3, 0.4) is 0 Å². The predicted octanol–water partition coefficient (Wildman–Crippen LogP) is 2.41. The largest absolute Gasteiger partial charge is 0.493 e. The SMILES string of the molecule is CCOC(=O)C1=C(C)NC(C)=C2C(=O)Oc3c(OC)cccc3C12. The van der Waals surface area contributed by atoms with Gasteiger partial charge in [-0.05, 0) is 26.8 Å². The van der Waals surface area contributed by atoms with Crippen molar-refractivity contribution in [3.8, 4) is 11.5 Å². The maximum atomic E-state index is 12.6. The topological polar surface area (TPSA) is 73.9 Å². The van der Waals surface area contributed by atoms with Crippen LogP contribution in [0.25, 0.3) is 0 Å². The molecule has 3 rings (SSSR count). The zero-order valence-electron chi connectivity index (χ0n) is 14.1. The molecule has 0 saturated carbocycles. The van der Waals surface area contributed by atoms with E-state index >= 15 is 0 Å². The Morgan fingerprint density at radius 1 is 1.29 bits per heavy atom. The van der Waals surface area contributed by atoms with Crippen LogP contribution in [0.1, 0.15) is 32.3 Å². The summed E-state index contributed by atoms with van der Waals surface area (Å²) in [6.45, 7) is 5.60. The van der Waals surface area contributed by atoms with Gasteiger partial charge in [0.2, 0.25) is 0 Å². The maximum Gasteiger partial charge on any atom is 0.342 e. The molecule has 2 aliphatic rings. The van der Waals surface area contributed by atoms with Crippen LogP contribution in [0.4, 0.5) is 0 Å². The fraction of sp³-hybridized carbons (Fsp3) is 0.333. The molecule has 0 bridgehead atoms. The van der Waals surface area contributed by atoms with Crippen molar-refractivity contribution < 1.29 is 23.8 Å². The smallest absolute Gasteiger partial charge is 0.342 e. The van der Waals surface area contributed by atoms with Crippen LogP contribution in [0.2, 0.25) is 0 Å². The van der Waals surface area contributed by atoms with Crippen LogP contribution >= 0.6 is 0 Å². The number of fused-ring (bicyclic) bond motifs is 3. The molecule has 0 aromatic heterocycles. The van der Waals surface area contributed by atoms with E-state index in [1.165, 1.54) is 7.11 Å². The summed E-state index contributed by atoms with van der Waals surface area (Å²) in [7, 11) is 1.51. The summed E-state index contributed by atoms with van der Waals surface area (Å²) in [4.78, 5) is 25.1. The van der Waals surface area contributed by atoms with E-state index in [1.807, 2.05) is 12.1 Å². The normalized spacial score (nSPS) is 19.2. The lowest BCUT2D eigenvalue weighted by atomic mass is 9.78. The Morgan fingerprint density at radius 2 is 2.04 bits per heavy atom. The van der Waals surface area contributed by atoms with Crippen molar-refractivity contribution in [3.63, 3.8) is 0 Å². The highest BCUT2D eigenvalue weighted by Gasteiger charge is 2.43. The number of rotatable bonds is 3. The second-order valence-corrected chi connectivity index (χ2v) is 5.62. The number of methoxy groups -OCH3 is 1. The first kappa shape index (κ1) is 16.1. The van der Waals surface area contributed by atoms with Crippen LogP contribution in [0.15, 0.2) is 40.7 Å². The van der Waals surface area contributed by atoms with Gasteiger partial charge >= 0.3 is 11.9 Å². The number of hydrogen-bond donors (Lipinski definition) is 1. The Labute approximate surface area is 140 Å². The van der Waals surface area contributed by atoms with Gasteiger partial charge in [0.1, 0.15) is 0 Å². The number of nitrogens with one attached hydrogen (secondary N) is 1. The lowest BCUT2D eigenvalue weighted by molar-refractivity contribution is -0.139. The zero-order chi connectivity index (χ0) is 17.4. The van der Waals surface area contributed by atoms with Crippen LogP contribution in [-0.4, -0.2) is 25.7 Å². The van der Waals surface area contributed by atoms with E-state index < -0.39 is 17.9 Å². The molecule has 1 aromatic carbocycles. The number of esters is 2. The summed E-state index contributed by atoms with van der Waals surface area (Å²) in [5.74, 6) is -0.658. The molecule has 1 aromatic rings. The maximum absolute atomic E-state index is 12.6. The minimum atomic E-state index is -0.531. The Kier molecular flexibility index (Phi) is 4.05. The van der Waals surface area contributed by atoms with Crippen molar-refractivity contribution in [2.24, 2.45) is 0 Å². The molecule has 1 N–H and O–H groups in total. The van der Waals surface area contributed by atoms with E-state index in [9.17, 15) is 9.59 Å². The highest BCUT2D eigenvalue weighted by atomic mass is 16.6. The lowest BCUT2D eigenvalue weighted by Crippen LogP contribution is -2.36. The summed E-state index contributed by atoms with van der Waals surface area (Å²) in [6.07, 6.45) is 0. The van der Waals surface area contributed by atoms with Gasteiger partial charge in [0, 0.05) is 17.0 Å². The fourth-order valence-corrected chi connectivity index (χ4v) is 3.23. The zero-order valence-corrected chi connectivity index (χ0v) is 14.1. The van der Waals surface area contributed by atoms with Crippen molar-refractivity contribution >= 4 is 11.9 Å². The molecule has 0 aliphatic carbocycles. The molecule has 6 nitrogen and oxygen atoms in total. The average molecular weight is 329 g/mol. The average Bonchev–Trinajstić information content (AvgIpc) is 2.54. The van der Waals surface area contributed by atoms with Gasteiger partial charge in [-0.3, -0.25) is 0 Å². The van der Waals surface area contributed by atoms with Gasteiger partial charge in [-0.25, -0.2) is 9.59 Å². The molecule has 1 unspecified atom stereocenters. The molecule has 6 heteroatoms. The second-order valence-electron chi connectivity index (χ2n) is 5.62. The molecule has 0 spiro atoms.